The van der Waals surface area contributed by atoms with E-state index in [1.807, 2.05) is 18.2 Å². The van der Waals surface area contributed by atoms with Gasteiger partial charge in [0.15, 0.2) is 0 Å². The fraction of sp³-hybridized carbons (Fsp3) is 0.440. The standard InChI is InChI=1S/C50H59ClN8O7S/c1-33-30-56(18-17-55(33)4)16-13-34-23-43-45(59(61)62)26-41(27-46(43)65-32-34)67(63,64)54-49(60)42-10-9-39(25-47(42)66-40-24-36-12-15-52-48(36)53-29-40)58-21-19-57(20-22-58)31-37-11-14-50(2,3)28-44(37)35-5-7-38(51)8-6-35/h5-10,12,15,24-27,29,33-34H,11,13-14,16-23,28,30-32H2,1-4H3,(H,52,53)(H,54,60)/t33-,34-/m1/s1. The molecule has 0 spiro atoms. The molecule has 17 heteroatoms. The van der Waals surface area contributed by atoms with Crippen molar-refractivity contribution in [1.29, 1.82) is 0 Å². The van der Waals surface area contributed by atoms with Crippen molar-refractivity contribution < 1.29 is 27.6 Å². The van der Waals surface area contributed by atoms with Crippen LogP contribution in [0.25, 0.3) is 16.6 Å². The van der Waals surface area contributed by atoms with Crippen LogP contribution in [0, 0.1) is 21.4 Å². The number of halogens is 1. The van der Waals surface area contributed by atoms with Gasteiger partial charge in [-0.15, -0.1) is 0 Å². The summed E-state index contributed by atoms with van der Waals surface area (Å²) in [5.74, 6) is -0.312. The third kappa shape index (κ3) is 10.6. The number of allylic oxidation sites excluding steroid dienone is 1. The Bertz CT molecular complexity index is 2810. The smallest absolute Gasteiger partial charge is 0.277 e. The minimum atomic E-state index is -4.63. The fourth-order valence-corrected chi connectivity index (χ4v) is 11.0. The van der Waals surface area contributed by atoms with E-state index >= 15 is 0 Å². The van der Waals surface area contributed by atoms with Gasteiger partial charge in [-0.05, 0) is 111 Å². The van der Waals surface area contributed by atoms with E-state index in [-0.39, 0.29) is 34.1 Å². The second-order valence-corrected chi connectivity index (χ2v) is 21.6. The number of ether oxygens (including phenoxy) is 2. The number of carbonyl (C=O) groups excluding carboxylic acids is 1. The van der Waals surface area contributed by atoms with Crippen LogP contribution >= 0.6 is 11.6 Å². The van der Waals surface area contributed by atoms with Crippen molar-refractivity contribution in [2.75, 3.05) is 77.5 Å². The average Bonchev–Trinajstić information content (AvgIpc) is 3.78. The minimum Gasteiger partial charge on any atom is -0.493 e. The molecule has 0 unspecified atom stereocenters. The number of aromatic nitrogens is 2. The van der Waals surface area contributed by atoms with E-state index in [0.29, 0.717) is 36.0 Å². The average molecular weight is 952 g/mol. The number of benzene rings is 3. The number of pyridine rings is 1. The predicted octanol–water partition coefficient (Wildman–Crippen LogP) is 8.40. The molecule has 15 nitrogen and oxygen atoms in total. The van der Waals surface area contributed by atoms with Crippen LogP contribution in [0.5, 0.6) is 17.2 Å². The van der Waals surface area contributed by atoms with Crippen molar-refractivity contribution in [3.63, 3.8) is 0 Å². The molecule has 3 aliphatic heterocycles. The number of piperazine rings is 2. The zero-order chi connectivity index (χ0) is 47.0. The van der Waals surface area contributed by atoms with Crippen molar-refractivity contribution in [3.05, 3.63) is 117 Å². The number of H-pyrrole nitrogens is 1. The van der Waals surface area contributed by atoms with Gasteiger partial charge in [0.1, 0.15) is 22.9 Å². The number of hydrogen-bond acceptors (Lipinski definition) is 12. The maximum atomic E-state index is 14.1. The van der Waals surface area contributed by atoms with E-state index in [1.165, 1.54) is 29.0 Å². The number of aromatic amines is 1. The Balaban J connectivity index is 0.919. The Morgan fingerprint density at radius 2 is 1.81 bits per heavy atom. The van der Waals surface area contributed by atoms with Gasteiger partial charge in [-0.25, -0.2) is 18.1 Å². The number of nitrogens with zero attached hydrogens (tertiary/aromatic N) is 6. The summed E-state index contributed by atoms with van der Waals surface area (Å²) >= 11 is 6.26. The molecule has 2 atom stereocenters. The third-order valence-electron chi connectivity index (χ3n) is 14.1. The number of hydrogen-bond donors (Lipinski definition) is 2. The Morgan fingerprint density at radius 3 is 2.57 bits per heavy atom. The first-order valence-electron chi connectivity index (χ1n) is 23.2. The summed E-state index contributed by atoms with van der Waals surface area (Å²) in [6, 6.07) is 19.7. The monoisotopic (exact) mass is 950 g/mol. The molecule has 2 saturated heterocycles. The number of rotatable bonds is 13. The summed E-state index contributed by atoms with van der Waals surface area (Å²) in [7, 11) is -2.50. The SMILES string of the molecule is C[C@@H]1CN(CC[C@H]2COc3cc(S(=O)(=O)NC(=O)c4ccc(N5CCN(CC6=C(c7ccc(Cl)cc7)CC(C)(C)CC6)CC5)cc4Oc4cnc5[nH]ccc5c4)cc([N+](=O)[O-])c3C2)CCN1C. The van der Waals surface area contributed by atoms with Crippen LogP contribution in [0.1, 0.15) is 67.9 Å². The van der Waals surface area contributed by atoms with Crippen LogP contribution in [-0.2, 0) is 16.4 Å². The first-order chi connectivity index (χ1) is 32.1. The van der Waals surface area contributed by atoms with Crippen molar-refractivity contribution in [2.45, 2.75) is 63.8 Å². The van der Waals surface area contributed by atoms with Crippen molar-refractivity contribution in [2.24, 2.45) is 11.3 Å². The van der Waals surface area contributed by atoms with E-state index in [9.17, 15) is 23.3 Å². The van der Waals surface area contributed by atoms with Gasteiger partial charge in [-0.1, -0.05) is 43.2 Å². The van der Waals surface area contributed by atoms with Crippen molar-refractivity contribution >= 4 is 55.5 Å². The maximum Gasteiger partial charge on any atom is 0.277 e. The van der Waals surface area contributed by atoms with Gasteiger partial charge in [0.05, 0.1) is 33.7 Å². The summed E-state index contributed by atoms with van der Waals surface area (Å²) < 4.78 is 42.6. The molecule has 4 aliphatic rings. The molecule has 9 rings (SSSR count). The van der Waals surface area contributed by atoms with E-state index < -0.39 is 25.7 Å². The van der Waals surface area contributed by atoms with E-state index in [0.717, 1.165) is 107 Å². The number of likely N-dealkylation sites (N-methyl/N-ethyl adjacent to an activating group) is 1. The summed E-state index contributed by atoms with van der Waals surface area (Å²) in [4.78, 5) is 42.5. The van der Waals surface area contributed by atoms with Crippen LogP contribution in [-0.4, -0.2) is 123 Å². The highest BCUT2D eigenvalue weighted by atomic mass is 35.5. The van der Waals surface area contributed by atoms with Crippen molar-refractivity contribution in [1.82, 2.24) is 29.4 Å². The van der Waals surface area contributed by atoms with E-state index in [1.54, 1.807) is 30.5 Å². The van der Waals surface area contributed by atoms with E-state index in [4.69, 9.17) is 21.1 Å². The molecule has 3 aromatic carbocycles. The normalized spacial score (nSPS) is 20.6. The molecule has 354 valence electrons. The van der Waals surface area contributed by atoms with Gasteiger partial charge in [0, 0.05) is 98.9 Å². The Hall–Kier alpha value is -5.52. The van der Waals surface area contributed by atoms with E-state index in [2.05, 4.69) is 74.2 Å². The number of anilines is 1. The summed E-state index contributed by atoms with van der Waals surface area (Å²) in [6.45, 7) is 14.9. The first-order valence-corrected chi connectivity index (χ1v) is 25.1. The molecular weight excluding hydrogens is 892 g/mol. The second kappa shape index (κ2) is 19.2. The van der Waals surface area contributed by atoms with Gasteiger partial charge in [-0.3, -0.25) is 19.8 Å². The Kier molecular flexibility index (Phi) is 13.4. The zero-order valence-electron chi connectivity index (χ0n) is 38.6. The van der Waals surface area contributed by atoms with Crippen LogP contribution in [0.15, 0.2) is 89.6 Å². The lowest BCUT2D eigenvalue weighted by molar-refractivity contribution is -0.386. The van der Waals surface area contributed by atoms with Gasteiger partial charge in [0.2, 0.25) is 0 Å². The predicted molar refractivity (Wildman–Crippen MR) is 261 cm³/mol. The molecule has 1 aliphatic carbocycles. The molecule has 5 aromatic rings. The summed E-state index contributed by atoms with van der Waals surface area (Å²) in [5.41, 5.74) is 5.77. The lowest BCUT2D eigenvalue weighted by atomic mass is 9.72. The molecule has 0 saturated carbocycles. The molecule has 2 fully saturated rings. The van der Waals surface area contributed by atoms with Gasteiger partial charge >= 0.3 is 0 Å². The molecule has 0 radical (unpaired) electrons. The summed E-state index contributed by atoms with van der Waals surface area (Å²) in [6.07, 6.45) is 7.67. The topological polar surface area (TPSA) is 166 Å². The van der Waals surface area contributed by atoms with Crippen LogP contribution in [0.4, 0.5) is 11.4 Å². The second-order valence-electron chi connectivity index (χ2n) is 19.5. The minimum absolute atomic E-state index is 0.0303. The van der Waals surface area contributed by atoms with Crippen LogP contribution in [0.3, 0.4) is 0 Å². The lowest BCUT2D eigenvalue weighted by Gasteiger charge is -2.39. The van der Waals surface area contributed by atoms with Gasteiger partial charge in [0.25, 0.3) is 21.6 Å². The first kappa shape index (κ1) is 46.6. The highest BCUT2D eigenvalue weighted by Gasteiger charge is 2.34. The number of carbonyl (C=O) groups is 1. The fourth-order valence-electron chi connectivity index (χ4n) is 9.91. The Morgan fingerprint density at radius 1 is 1.03 bits per heavy atom. The highest BCUT2D eigenvalue weighted by molar-refractivity contribution is 7.90. The molecule has 5 heterocycles. The third-order valence-corrected chi connectivity index (χ3v) is 15.7. The largest absolute Gasteiger partial charge is 0.493 e. The molecule has 2 aromatic heterocycles. The molecule has 0 bridgehead atoms. The maximum absolute atomic E-state index is 14.1. The number of fused-ring (bicyclic) bond motifs is 2. The highest BCUT2D eigenvalue weighted by Crippen LogP contribution is 2.44. The molecule has 2 N–H and O–H groups in total. The van der Waals surface area contributed by atoms with Gasteiger partial charge < -0.3 is 29.2 Å². The summed E-state index contributed by atoms with van der Waals surface area (Å²) in [5, 5.41) is 14.0. The number of nitro groups is 1. The van der Waals surface area contributed by atoms with Gasteiger partial charge in [-0.2, -0.15) is 0 Å². The molecular formula is C50H59ClN8O7S. The zero-order valence-corrected chi connectivity index (χ0v) is 40.2. The number of sulfonamides is 1. The number of nitrogens with one attached hydrogen (secondary N) is 2. The number of nitro benzene ring substituents is 1. The van der Waals surface area contributed by atoms with Crippen LogP contribution in [0.2, 0.25) is 5.02 Å². The molecule has 67 heavy (non-hydrogen) atoms. The van der Waals surface area contributed by atoms with Crippen molar-refractivity contribution in [3.8, 4) is 17.2 Å². The Labute approximate surface area is 397 Å². The molecule has 1 amide bonds. The lowest BCUT2D eigenvalue weighted by Crippen LogP contribution is -2.50. The number of amides is 1. The van der Waals surface area contributed by atoms with Crippen LogP contribution < -0.4 is 19.1 Å². The quantitative estimate of drug-likeness (QED) is 0.0857.